The first-order valence-corrected chi connectivity index (χ1v) is 7.12. The van der Waals surface area contributed by atoms with Gasteiger partial charge in [0.15, 0.2) is 0 Å². The summed E-state index contributed by atoms with van der Waals surface area (Å²) in [6.45, 7) is 2.87. The number of aromatic nitrogens is 1. The van der Waals surface area contributed by atoms with Gasteiger partial charge >= 0.3 is 0 Å². The minimum atomic E-state index is -0.313. The molecule has 106 valence electrons. The van der Waals surface area contributed by atoms with Gasteiger partial charge in [0.25, 0.3) is 0 Å². The normalized spacial score (nSPS) is 12.5. The number of halogens is 1. The second-order valence-electron chi connectivity index (χ2n) is 4.96. The third kappa shape index (κ3) is 2.78. The van der Waals surface area contributed by atoms with Gasteiger partial charge in [0.2, 0.25) is 0 Å². The molecule has 3 aromatic rings. The van der Waals surface area contributed by atoms with Crippen molar-refractivity contribution in [1.29, 1.82) is 0 Å². The van der Waals surface area contributed by atoms with Crippen LogP contribution in [-0.4, -0.2) is 11.5 Å². The van der Waals surface area contributed by atoms with Crippen molar-refractivity contribution in [1.82, 2.24) is 10.3 Å². The molecule has 1 aromatic heterocycles. The molecule has 21 heavy (non-hydrogen) atoms. The molecule has 3 heteroatoms. The number of rotatable bonds is 4. The van der Waals surface area contributed by atoms with E-state index in [-0.39, 0.29) is 11.9 Å². The standard InChI is InChI=1S/C18H17FN2/c1-2-20-18(17-11-10-14(19)12-21-17)16-9-5-7-13-6-3-4-8-15(13)16/h3-12,18,20H,2H2,1H3. The Bertz CT molecular complexity index is 732. The fourth-order valence-corrected chi connectivity index (χ4v) is 2.64. The molecule has 0 fully saturated rings. The Balaban J connectivity index is 2.13. The highest BCUT2D eigenvalue weighted by Gasteiger charge is 2.16. The van der Waals surface area contributed by atoms with Crippen LogP contribution < -0.4 is 5.32 Å². The quantitative estimate of drug-likeness (QED) is 0.779. The van der Waals surface area contributed by atoms with Crippen LogP contribution in [0.4, 0.5) is 4.39 Å². The molecule has 1 unspecified atom stereocenters. The molecule has 3 rings (SSSR count). The molecule has 0 radical (unpaired) electrons. The zero-order valence-corrected chi connectivity index (χ0v) is 11.9. The average Bonchev–Trinajstić information content (AvgIpc) is 2.53. The Morgan fingerprint density at radius 1 is 1.05 bits per heavy atom. The van der Waals surface area contributed by atoms with Crippen molar-refractivity contribution in [2.24, 2.45) is 0 Å². The van der Waals surface area contributed by atoms with Crippen molar-refractivity contribution in [2.75, 3.05) is 6.54 Å². The number of hydrogen-bond donors (Lipinski definition) is 1. The van der Waals surface area contributed by atoms with Gasteiger partial charge < -0.3 is 5.32 Å². The lowest BCUT2D eigenvalue weighted by atomic mass is 9.96. The average molecular weight is 280 g/mol. The fraction of sp³-hybridized carbons (Fsp3) is 0.167. The molecule has 0 aliphatic rings. The maximum absolute atomic E-state index is 13.1. The highest BCUT2D eigenvalue weighted by Crippen LogP contribution is 2.28. The molecule has 0 amide bonds. The molecule has 0 aliphatic heterocycles. The molecule has 0 aliphatic carbocycles. The topological polar surface area (TPSA) is 24.9 Å². The molecule has 0 saturated carbocycles. The number of nitrogens with zero attached hydrogens (tertiary/aromatic N) is 1. The van der Waals surface area contributed by atoms with Gasteiger partial charge in [-0.2, -0.15) is 0 Å². The molecule has 2 aromatic carbocycles. The summed E-state index contributed by atoms with van der Waals surface area (Å²) in [5.74, 6) is -0.313. The number of benzene rings is 2. The van der Waals surface area contributed by atoms with E-state index in [1.165, 1.54) is 23.0 Å². The lowest BCUT2D eigenvalue weighted by Gasteiger charge is -2.19. The van der Waals surface area contributed by atoms with Crippen LogP contribution in [0.1, 0.15) is 24.2 Å². The van der Waals surface area contributed by atoms with Gasteiger partial charge in [-0.25, -0.2) is 4.39 Å². The van der Waals surface area contributed by atoms with Crippen LogP contribution in [0.15, 0.2) is 60.8 Å². The molecule has 0 saturated heterocycles. The van der Waals surface area contributed by atoms with Gasteiger partial charge in [0.05, 0.1) is 17.9 Å². The van der Waals surface area contributed by atoms with E-state index >= 15 is 0 Å². The Kier molecular flexibility index (Phi) is 3.93. The summed E-state index contributed by atoms with van der Waals surface area (Å²) < 4.78 is 13.1. The molecular weight excluding hydrogens is 263 g/mol. The lowest BCUT2D eigenvalue weighted by molar-refractivity contribution is 0.596. The van der Waals surface area contributed by atoms with E-state index < -0.39 is 0 Å². The first-order valence-electron chi connectivity index (χ1n) is 7.12. The minimum Gasteiger partial charge on any atom is -0.305 e. The maximum Gasteiger partial charge on any atom is 0.141 e. The van der Waals surface area contributed by atoms with Crippen LogP contribution in [0.25, 0.3) is 10.8 Å². The van der Waals surface area contributed by atoms with E-state index in [1.807, 2.05) is 18.2 Å². The summed E-state index contributed by atoms with van der Waals surface area (Å²) in [6.07, 6.45) is 1.27. The van der Waals surface area contributed by atoms with E-state index in [1.54, 1.807) is 6.07 Å². The Hall–Kier alpha value is -2.26. The molecular formula is C18H17FN2. The SMILES string of the molecule is CCNC(c1ccc(F)cn1)c1cccc2ccccc12. The smallest absolute Gasteiger partial charge is 0.141 e. The predicted molar refractivity (Wildman–Crippen MR) is 83.7 cm³/mol. The van der Waals surface area contributed by atoms with E-state index in [4.69, 9.17) is 0 Å². The second-order valence-corrected chi connectivity index (χ2v) is 4.96. The Morgan fingerprint density at radius 2 is 1.86 bits per heavy atom. The largest absolute Gasteiger partial charge is 0.305 e. The third-order valence-electron chi connectivity index (χ3n) is 3.59. The summed E-state index contributed by atoms with van der Waals surface area (Å²) >= 11 is 0. The first kappa shape index (κ1) is 13.7. The van der Waals surface area contributed by atoms with Crippen molar-refractivity contribution in [3.8, 4) is 0 Å². The van der Waals surface area contributed by atoms with Gasteiger partial charge in [-0.15, -0.1) is 0 Å². The number of fused-ring (bicyclic) bond motifs is 1. The number of hydrogen-bond acceptors (Lipinski definition) is 2. The van der Waals surface area contributed by atoms with Gasteiger partial charge in [0, 0.05) is 0 Å². The van der Waals surface area contributed by atoms with Gasteiger partial charge in [-0.1, -0.05) is 49.4 Å². The van der Waals surface area contributed by atoms with Crippen molar-refractivity contribution in [3.63, 3.8) is 0 Å². The zero-order valence-electron chi connectivity index (χ0n) is 11.9. The van der Waals surface area contributed by atoms with Crippen LogP contribution in [0.3, 0.4) is 0 Å². The highest BCUT2D eigenvalue weighted by atomic mass is 19.1. The fourth-order valence-electron chi connectivity index (χ4n) is 2.64. The summed E-state index contributed by atoms with van der Waals surface area (Å²) in [6, 6.07) is 17.7. The summed E-state index contributed by atoms with van der Waals surface area (Å²) in [5, 5.41) is 5.83. The van der Waals surface area contributed by atoms with Crippen molar-refractivity contribution in [3.05, 3.63) is 77.9 Å². The lowest BCUT2D eigenvalue weighted by Crippen LogP contribution is -2.23. The van der Waals surface area contributed by atoms with Crippen molar-refractivity contribution >= 4 is 10.8 Å². The van der Waals surface area contributed by atoms with Crippen LogP contribution in [0, 0.1) is 5.82 Å². The van der Waals surface area contributed by atoms with E-state index in [0.29, 0.717) is 0 Å². The summed E-state index contributed by atoms with van der Waals surface area (Å²) in [4.78, 5) is 4.24. The van der Waals surface area contributed by atoms with Crippen molar-refractivity contribution in [2.45, 2.75) is 13.0 Å². The van der Waals surface area contributed by atoms with Crippen LogP contribution in [0.2, 0.25) is 0 Å². The van der Waals surface area contributed by atoms with Gasteiger partial charge in [0.1, 0.15) is 5.82 Å². The third-order valence-corrected chi connectivity index (χ3v) is 3.59. The maximum atomic E-state index is 13.1. The summed E-state index contributed by atoms with van der Waals surface area (Å²) in [7, 11) is 0. The predicted octanol–water partition coefficient (Wildman–Crippen LogP) is 4.07. The van der Waals surface area contributed by atoms with Gasteiger partial charge in [-0.05, 0) is 35.0 Å². The van der Waals surface area contributed by atoms with E-state index in [2.05, 4.69) is 41.5 Å². The molecule has 1 heterocycles. The highest BCUT2D eigenvalue weighted by molar-refractivity contribution is 5.86. The van der Waals surface area contributed by atoms with Crippen LogP contribution in [0.5, 0.6) is 0 Å². The number of nitrogens with one attached hydrogen (secondary N) is 1. The molecule has 0 spiro atoms. The summed E-state index contributed by atoms with van der Waals surface area (Å²) in [5.41, 5.74) is 1.99. The number of pyridine rings is 1. The van der Waals surface area contributed by atoms with E-state index in [9.17, 15) is 4.39 Å². The molecule has 0 bridgehead atoms. The van der Waals surface area contributed by atoms with Crippen LogP contribution in [-0.2, 0) is 0 Å². The van der Waals surface area contributed by atoms with Crippen molar-refractivity contribution < 1.29 is 4.39 Å². The first-order chi connectivity index (χ1) is 10.3. The Morgan fingerprint density at radius 3 is 2.62 bits per heavy atom. The second kappa shape index (κ2) is 6.02. The van der Waals surface area contributed by atoms with Gasteiger partial charge in [-0.3, -0.25) is 4.98 Å². The molecule has 1 atom stereocenters. The van der Waals surface area contributed by atoms with E-state index in [0.717, 1.165) is 17.8 Å². The molecule has 1 N–H and O–H groups in total. The monoisotopic (exact) mass is 280 g/mol. The molecule has 2 nitrogen and oxygen atoms in total. The minimum absolute atomic E-state index is 0.0401. The Labute approximate surface area is 123 Å². The zero-order chi connectivity index (χ0) is 14.7. The van der Waals surface area contributed by atoms with Crippen LogP contribution >= 0.6 is 0 Å².